The Bertz CT molecular complexity index is 1470. The summed E-state index contributed by atoms with van der Waals surface area (Å²) >= 11 is 0. The van der Waals surface area contributed by atoms with Crippen molar-refractivity contribution in [3.8, 4) is 11.4 Å². The number of nitrogens with two attached hydrogens (primary N) is 1. The molecule has 0 saturated heterocycles. The zero-order chi connectivity index (χ0) is 22.8. The Kier molecular flexibility index (Phi) is 5.28. The van der Waals surface area contributed by atoms with Crippen LogP contribution in [-0.2, 0) is 11.2 Å². The molecular weight excluding hydrogens is 414 g/mol. The zero-order valence-corrected chi connectivity index (χ0v) is 17.7. The Morgan fingerprint density at radius 1 is 0.939 bits per heavy atom. The Labute approximate surface area is 189 Å². The monoisotopic (exact) mass is 435 g/mol. The van der Waals surface area contributed by atoms with Gasteiger partial charge >= 0.3 is 0 Å². The first-order valence-corrected chi connectivity index (χ1v) is 10.6. The number of pyridine rings is 1. The number of para-hydroxylation sites is 1. The molecule has 0 bridgehead atoms. The van der Waals surface area contributed by atoms with Crippen LogP contribution in [0.15, 0.2) is 85.2 Å². The van der Waals surface area contributed by atoms with Crippen molar-refractivity contribution in [1.82, 2.24) is 20.3 Å². The molecule has 2 heterocycles. The van der Waals surface area contributed by atoms with Crippen molar-refractivity contribution < 1.29 is 9.59 Å². The SMILES string of the molecule is NC(=O)C(Cc1cccc2ccccc12)NC(=O)c1cccc2[nH]c(-c3ccncc3)nc12. The predicted octanol–water partition coefficient (Wildman–Crippen LogP) is 3.60. The lowest BCUT2D eigenvalue weighted by Gasteiger charge is -2.17. The second kappa shape index (κ2) is 8.55. The quantitative estimate of drug-likeness (QED) is 0.378. The maximum Gasteiger partial charge on any atom is 0.254 e. The minimum absolute atomic E-state index is 0.293. The first kappa shape index (κ1) is 20.4. The van der Waals surface area contributed by atoms with Crippen molar-refractivity contribution in [2.24, 2.45) is 5.73 Å². The standard InChI is InChI=1S/C26H21N5O2/c27-24(32)22(15-18-7-3-6-16-5-1-2-8-19(16)18)30-26(33)20-9-4-10-21-23(20)31-25(29-21)17-11-13-28-14-12-17/h1-14,22H,15H2,(H2,27,32)(H,29,31)(H,30,33). The summed E-state index contributed by atoms with van der Waals surface area (Å²) in [6.07, 6.45) is 3.66. The summed E-state index contributed by atoms with van der Waals surface area (Å²) in [5.41, 5.74) is 9.08. The van der Waals surface area contributed by atoms with Crippen LogP contribution in [0.2, 0.25) is 0 Å². The van der Waals surface area contributed by atoms with E-state index in [4.69, 9.17) is 5.73 Å². The number of H-pyrrole nitrogens is 1. The molecule has 1 unspecified atom stereocenters. The maximum absolute atomic E-state index is 13.2. The molecule has 4 N–H and O–H groups in total. The molecule has 0 saturated carbocycles. The van der Waals surface area contributed by atoms with Gasteiger partial charge in [0.2, 0.25) is 5.91 Å². The molecule has 3 aromatic carbocycles. The molecular formula is C26H21N5O2. The highest BCUT2D eigenvalue weighted by Crippen LogP contribution is 2.23. The van der Waals surface area contributed by atoms with Gasteiger partial charge in [-0.05, 0) is 40.6 Å². The molecule has 0 aliphatic heterocycles. The minimum atomic E-state index is -0.864. The Morgan fingerprint density at radius 2 is 1.70 bits per heavy atom. The van der Waals surface area contributed by atoms with Gasteiger partial charge in [-0.15, -0.1) is 0 Å². The number of nitrogens with one attached hydrogen (secondary N) is 2. The molecule has 0 radical (unpaired) electrons. The topological polar surface area (TPSA) is 114 Å². The van der Waals surface area contributed by atoms with Crippen molar-refractivity contribution in [1.29, 1.82) is 0 Å². The molecule has 2 aromatic heterocycles. The number of hydrogen-bond acceptors (Lipinski definition) is 4. The van der Waals surface area contributed by atoms with Gasteiger partial charge < -0.3 is 16.0 Å². The minimum Gasteiger partial charge on any atom is -0.368 e. The lowest BCUT2D eigenvalue weighted by atomic mass is 9.98. The summed E-state index contributed by atoms with van der Waals surface area (Å²) in [5, 5.41) is 4.90. The number of carbonyl (C=O) groups excluding carboxylic acids is 2. The fourth-order valence-electron chi connectivity index (χ4n) is 4.01. The zero-order valence-electron chi connectivity index (χ0n) is 17.7. The van der Waals surface area contributed by atoms with Crippen LogP contribution in [0.3, 0.4) is 0 Å². The van der Waals surface area contributed by atoms with E-state index >= 15 is 0 Å². The molecule has 5 aromatic rings. The van der Waals surface area contributed by atoms with Gasteiger partial charge in [0.25, 0.3) is 5.91 Å². The summed E-state index contributed by atoms with van der Waals surface area (Å²) in [5.74, 6) is -0.366. The van der Waals surface area contributed by atoms with Gasteiger partial charge in [0, 0.05) is 24.4 Å². The molecule has 0 aliphatic carbocycles. The number of primary amides is 1. The molecule has 1 atom stereocenters. The van der Waals surface area contributed by atoms with Crippen molar-refractivity contribution in [2.75, 3.05) is 0 Å². The molecule has 7 heteroatoms. The fraction of sp³-hybridized carbons (Fsp3) is 0.0769. The van der Waals surface area contributed by atoms with Crippen LogP contribution < -0.4 is 11.1 Å². The van der Waals surface area contributed by atoms with Gasteiger partial charge in [0.05, 0.1) is 11.1 Å². The van der Waals surface area contributed by atoms with Crippen LogP contribution in [0.25, 0.3) is 33.2 Å². The van der Waals surface area contributed by atoms with E-state index in [0.717, 1.165) is 27.4 Å². The van der Waals surface area contributed by atoms with Gasteiger partial charge in [0.1, 0.15) is 17.4 Å². The number of carbonyl (C=O) groups is 2. The highest BCUT2D eigenvalue weighted by Gasteiger charge is 2.22. The van der Waals surface area contributed by atoms with E-state index < -0.39 is 17.9 Å². The molecule has 162 valence electrons. The first-order valence-electron chi connectivity index (χ1n) is 10.6. The number of rotatable bonds is 6. The van der Waals surface area contributed by atoms with Crippen LogP contribution in [0.1, 0.15) is 15.9 Å². The van der Waals surface area contributed by atoms with E-state index in [0.29, 0.717) is 23.3 Å². The summed E-state index contributed by atoms with van der Waals surface area (Å²) in [6, 6.07) is 21.9. The third kappa shape index (κ3) is 4.04. The molecule has 2 amide bonds. The second-order valence-corrected chi connectivity index (χ2v) is 7.79. The van der Waals surface area contributed by atoms with E-state index in [-0.39, 0.29) is 0 Å². The molecule has 5 rings (SSSR count). The Morgan fingerprint density at radius 3 is 2.52 bits per heavy atom. The van der Waals surface area contributed by atoms with E-state index in [1.165, 1.54) is 0 Å². The van der Waals surface area contributed by atoms with Gasteiger partial charge in [-0.3, -0.25) is 14.6 Å². The highest BCUT2D eigenvalue weighted by molar-refractivity contribution is 6.06. The average molecular weight is 435 g/mol. The van der Waals surface area contributed by atoms with E-state index in [2.05, 4.69) is 20.3 Å². The molecule has 0 fully saturated rings. The summed E-state index contributed by atoms with van der Waals surface area (Å²) in [6.45, 7) is 0. The number of imidazole rings is 1. The van der Waals surface area contributed by atoms with E-state index in [1.54, 1.807) is 24.5 Å². The Balaban J connectivity index is 1.45. The summed E-state index contributed by atoms with van der Waals surface area (Å²) in [4.78, 5) is 37.3. The van der Waals surface area contributed by atoms with Crippen molar-refractivity contribution in [2.45, 2.75) is 12.5 Å². The average Bonchev–Trinajstić information content (AvgIpc) is 3.29. The number of hydrogen-bond donors (Lipinski definition) is 3. The Hall–Kier alpha value is -4.52. The molecule has 0 spiro atoms. The number of amides is 2. The first-order chi connectivity index (χ1) is 16.1. The van der Waals surface area contributed by atoms with Crippen LogP contribution in [0, 0.1) is 0 Å². The van der Waals surface area contributed by atoms with Crippen LogP contribution in [0.5, 0.6) is 0 Å². The summed E-state index contributed by atoms with van der Waals surface area (Å²) in [7, 11) is 0. The van der Waals surface area contributed by atoms with Crippen molar-refractivity contribution in [3.05, 3.63) is 96.3 Å². The largest absolute Gasteiger partial charge is 0.368 e. The van der Waals surface area contributed by atoms with Gasteiger partial charge in [-0.1, -0.05) is 48.5 Å². The predicted molar refractivity (Wildman–Crippen MR) is 127 cm³/mol. The van der Waals surface area contributed by atoms with Crippen LogP contribution in [0.4, 0.5) is 0 Å². The lowest BCUT2D eigenvalue weighted by molar-refractivity contribution is -0.119. The number of benzene rings is 3. The van der Waals surface area contributed by atoms with Gasteiger partial charge in [-0.2, -0.15) is 0 Å². The van der Waals surface area contributed by atoms with Crippen molar-refractivity contribution >= 4 is 33.6 Å². The number of fused-ring (bicyclic) bond motifs is 2. The summed E-state index contributed by atoms with van der Waals surface area (Å²) < 4.78 is 0. The fourth-order valence-corrected chi connectivity index (χ4v) is 4.01. The van der Waals surface area contributed by atoms with Gasteiger partial charge in [0.15, 0.2) is 0 Å². The third-order valence-corrected chi connectivity index (χ3v) is 5.66. The van der Waals surface area contributed by atoms with Crippen LogP contribution in [-0.4, -0.2) is 32.8 Å². The van der Waals surface area contributed by atoms with Crippen molar-refractivity contribution in [3.63, 3.8) is 0 Å². The maximum atomic E-state index is 13.2. The van der Waals surface area contributed by atoms with E-state index in [1.807, 2.05) is 60.7 Å². The lowest BCUT2D eigenvalue weighted by Crippen LogP contribution is -2.45. The molecule has 0 aliphatic rings. The highest BCUT2D eigenvalue weighted by atomic mass is 16.2. The van der Waals surface area contributed by atoms with E-state index in [9.17, 15) is 9.59 Å². The third-order valence-electron chi connectivity index (χ3n) is 5.66. The van der Waals surface area contributed by atoms with Crippen LogP contribution >= 0.6 is 0 Å². The molecule has 33 heavy (non-hydrogen) atoms. The number of aromatic nitrogens is 3. The van der Waals surface area contributed by atoms with Gasteiger partial charge in [-0.25, -0.2) is 4.98 Å². The second-order valence-electron chi connectivity index (χ2n) is 7.79. The number of nitrogens with zero attached hydrogens (tertiary/aromatic N) is 2. The normalized spacial score (nSPS) is 12.0. The number of aromatic amines is 1. The molecule has 7 nitrogen and oxygen atoms in total. The smallest absolute Gasteiger partial charge is 0.254 e.